The van der Waals surface area contributed by atoms with Gasteiger partial charge in [-0.3, -0.25) is 9.59 Å². The van der Waals surface area contributed by atoms with E-state index in [2.05, 4.69) is 15.2 Å². The van der Waals surface area contributed by atoms with Gasteiger partial charge in [0.15, 0.2) is 0 Å². The van der Waals surface area contributed by atoms with E-state index in [0.717, 1.165) is 18.7 Å². The number of piperazine rings is 1. The second-order valence-corrected chi connectivity index (χ2v) is 9.53. The van der Waals surface area contributed by atoms with E-state index in [9.17, 15) is 9.59 Å². The fraction of sp³-hybridized carbons (Fsp3) is 0.296. The van der Waals surface area contributed by atoms with E-state index in [-0.39, 0.29) is 29.0 Å². The molecule has 10 heteroatoms. The highest BCUT2D eigenvalue weighted by molar-refractivity contribution is 6.35. The third-order valence-electron chi connectivity index (χ3n) is 5.93. The first-order chi connectivity index (χ1) is 17.9. The van der Waals surface area contributed by atoms with Crippen molar-refractivity contribution in [2.75, 3.05) is 39.8 Å². The van der Waals surface area contributed by atoms with Gasteiger partial charge in [0, 0.05) is 37.4 Å². The number of halogens is 2. The molecule has 194 valence electrons. The molecule has 1 aromatic heterocycles. The van der Waals surface area contributed by atoms with Crippen LogP contribution < -0.4 is 10.1 Å². The van der Waals surface area contributed by atoms with Crippen molar-refractivity contribution in [3.63, 3.8) is 0 Å². The third kappa shape index (κ3) is 7.42. The summed E-state index contributed by atoms with van der Waals surface area (Å²) in [6, 6.07) is 16.7. The molecule has 8 nitrogen and oxygen atoms in total. The van der Waals surface area contributed by atoms with Crippen LogP contribution in [0.2, 0.25) is 10.0 Å². The quantitative estimate of drug-likeness (QED) is 0.434. The van der Waals surface area contributed by atoms with E-state index in [1.165, 1.54) is 12.3 Å². The number of nitrogens with zero attached hydrogens (tertiary/aromatic N) is 3. The average Bonchev–Trinajstić information content (AvgIpc) is 2.90. The van der Waals surface area contributed by atoms with Gasteiger partial charge in [0.05, 0.1) is 18.2 Å². The minimum atomic E-state index is -0.883. The molecule has 1 aliphatic heterocycles. The molecule has 1 aliphatic rings. The monoisotopic (exact) mass is 542 g/mol. The van der Waals surface area contributed by atoms with Gasteiger partial charge in [-0.25, -0.2) is 4.98 Å². The predicted octanol–water partition coefficient (Wildman–Crippen LogP) is 4.27. The number of hydrogen-bond acceptors (Lipinski definition) is 6. The Kier molecular flexibility index (Phi) is 9.35. The predicted molar refractivity (Wildman–Crippen MR) is 142 cm³/mol. The maximum Gasteiger partial charge on any atom is 0.257 e. The first kappa shape index (κ1) is 26.9. The molecule has 4 rings (SSSR count). The van der Waals surface area contributed by atoms with E-state index in [4.69, 9.17) is 32.7 Å². The lowest BCUT2D eigenvalue weighted by molar-refractivity contribution is -0.136. The van der Waals surface area contributed by atoms with Crippen LogP contribution in [-0.4, -0.2) is 72.5 Å². The van der Waals surface area contributed by atoms with Gasteiger partial charge in [-0.2, -0.15) is 0 Å². The topological polar surface area (TPSA) is 84.0 Å². The highest BCUT2D eigenvalue weighted by Crippen LogP contribution is 2.32. The van der Waals surface area contributed by atoms with Crippen molar-refractivity contribution >= 4 is 35.0 Å². The zero-order chi connectivity index (χ0) is 26.2. The summed E-state index contributed by atoms with van der Waals surface area (Å²) in [5, 5.41) is 3.57. The molecule has 37 heavy (non-hydrogen) atoms. The largest absolute Gasteiger partial charge is 0.437 e. The molecule has 2 aromatic carbocycles. The molecular weight excluding hydrogens is 515 g/mol. The van der Waals surface area contributed by atoms with Crippen LogP contribution in [0, 0.1) is 0 Å². The van der Waals surface area contributed by atoms with Crippen molar-refractivity contribution < 1.29 is 19.1 Å². The van der Waals surface area contributed by atoms with Gasteiger partial charge in [-0.1, -0.05) is 53.5 Å². The Morgan fingerprint density at radius 1 is 1.03 bits per heavy atom. The van der Waals surface area contributed by atoms with Crippen molar-refractivity contribution in [2.45, 2.75) is 12.6 Å². The lowest BCUT2D eigenvalue weighted by atomic mass is 10.2. The number of carbonyl (C=O) groups excluding carboxylic acids is 2. The molecule has 2 amide bonds. The minimum Gasteiger partial charge on any atom is -0.437 e. The Balaban J connectivity index is 1.49. The third-order valence-corrected chi connectivity index (χ3v) is 6.46. The van der Waals surface area contributed by atoms with E-state index < -0.39 is 11.9 Å². The fourth-order valence-corrected chi connectivity index (χ4v) is 4.28. The Hall–Kier alpha value is -3.17. The maximum atomic E-state index is 13.4. The number of carbonyl (C=O) groups is 2. The van der Waals surface area contributed by atoms with Crippen LogP contribution in [-0.2, 0) is 16.1 Å². The summed E-state index contributed by atoms with van der Waals surface area (Å²) in [6.07, 6.45) is 1.51. The van der Waals surface area contributed by atoms with E-state index in [0.29, 0.717) is 30.5 Å². The number of benzene rings is 2. The number of nitrogens with one attached hydrogen (secondary N) is 1. The number of ether oxygens (including phenoxy) is 2. The first-order valence-corrected chi connectivity index (χ1v) is 12.6. The highest BCUT2D eigenvalue weighted by atomic mass is 35.5. The molecule has 1 atom stereocenters. The smallest absolute Gasteiger partial charge is 0.257 e. The lowest BCUT2D eigenvalue weighted by Crippen LogP contribution is -2.55. The van der Waals surface area contributed by atoms with Crippen LogP contribution in [0.4, 0.5) is 0 Å². The van der Waals surface area contributed by atoms with Crippen LogP contribution >= 0.6 is 23.2 Å². The molecule has 1 fully saturated rings. The zero-order valence-electron chi connectivity index (χ0n) is 20.4. The molecule has 0 saturated carbocycles. The molecule has 0 bridgehead atoms. The Bertz CT molecular complexity index is 1220. The van der Waals surface area contributed by atoms with Crippen molar-refractivity contribution in [3.8, 4) is 11.6 Å². The van der Waals surface area contributed by atoms with E-state index in [1.54, 1.807) is 29.2 Å². The fourth-order valence-electron chi connectivity index (χ4n) is 3.83. The molecule has 0 radical (unpaired) electrons. The molecule has 3 aromatic rings. The van der Waals surface area contributed by atoms with Crippen molar-refractivity contribution in [3.05, 3.63) is 88.0 Å². The molecule has 0 spiro atoms. The molecular formula is C27H28Cl2N4O4. The number of rotatable bonds is 9. The van der Waals surface area contributed by atoms with Gasteiger partial charge < -0.3 is 24.6 Å². The molecule has 1 saturated heterocycles. The number of hydrogen-bond donors (Lipinski definition) is 1. The summed E-state index contributed by atoms with van der Waals surface area (Å²) in [5.74, 6) is -0.346. The van der Waals surface area contributed by atoms with Crippen LogP contribution in [0.3, 0.4) is 0 Å². The van der Waals surface area contributed by atoms with Gasteiger partial charge in [0.1, 0.15) is 17.4 Å². The molecule has 1 unspecified atom stereocenters. The number of amides is 2. The van der Waals surface area contributed by atoms with Crippen molar-refractivity contribution in [1.82, 2.24) is 20.1 Å². The normalized spacial score (nSPS) is 14.7. The van der Waals surface area contributed by atoms with Gasteiger partial charge in [0.2, 0.25) is 11.8 Å². The number of aromatic nitrogens is 1. The van der Waals surface area contributed by atoms with Crippen LogP contribution in [0.25, 0.3) is 0 Å². The molecule has 2 heterocycles. The van der Waals surface area contributed by atoms with Crippen LogP contribution in [0.5, 0.6) is 11.6 Å². The summed E-state index contributed by atoms with van der Waals surface area (Å²) in [4.78, 5) is 34.9. The summed E-state index contributed by atoms with van der Waals surface area (Å²) < 4.78 is 11.7. The van der Waals surface area contributed by atoms with E-state index in [1.807, 2.05) is 37.4 Å². The molecule has 0 aliphatic carbocycles. The van der Waals surface area contributed by atoms with Gasteiger partial charge >= 0.3 is 0 Å². The SMILES string of the molecule is CN1CCN(C(=O)C(COCc2ccccc2)NC(=O)c2cccnc2Oc2ccc(Cl)cc2Cl)CC1. The standard InChI is InChI=1S/C27H28Cl2N4O4/c1-32-12-14-33(15-13-32)27(35)23(18-36-17-19-6-3-2-4-7-19)31-25(34)21-8-5-11-30-26(21)37-24-10-9-20(28)16-22(24)29/h2-11,16,23H,12-15,17-18H2,1H3,(H,31,34). The van der Waals surface area contributed by atoms with Crippen molar-refractivity contribution in [1.29, 1.82) is 0 Å². The summed E-state index contributed by atoms with van der Waals surface area (Å²) >= 11 is 12.2. The lowest BCUT2D eigenvalue weighted by Gasteiger charge is -2.34. The summed E-state index contributed by atoms with van der Waals surface area (Å²) in [7, 11) is 2.01. The second kappa shape index (κ2) is 12.9. The Morgan fingerprint density at radius 2 is 1.78 bits per heavy atom. The van der Waals surface area contributed by atoms with Gasteiger partial charge in [-0.05, 0) is 42.9 Å². The van der Waals surface area contributed by atoms with E-state index >= 15 is 0 Å². The summed E-state index contributed by atoms with van der Waals surface area (Å²) in [6.45, 7) is 3.03. The van der Waals surface area contributed by atoms with Crippen LogP contribution in [0.1, 0.15) is 15.9 Å². The Morgan fingerprint density at radius 3 is 2.51 bits per heavy atom. The highest BCUT2D eigenvalue weighted by Gasteiger charge is 2.29. The van der Waals surface area contributed by atoms with Gasteiger partial charge in [0.25, 0.3) is 5.91 Å². The number of likely N-dealkylation sites (N-methyl/N-ethyl adjacent to an activating group) is 1. The van der Waals surface area contributed by atoms with Crippen LogP contribution in [0.15, 0.2) is 66.9 Å². The molecule has 1 N–H and O–H groups in total. The van der Waals surface area contributed by atoms with Crippen molar-refractivity contribution in [2.24, 2.45) is 0 Å². The zero-order valence-corrected chi connectivity index (χ0v) is 21.9. The minimum absolute atomic E-state index is 0.0191. The first-order valence-electron chi connectivity index (χ1n) is 11.9. The summed E-state index contributed by atoms with van der Waals surface area (Å²) in [5.41, 5.74) is 1.13. The number of pyridine rings is 1. The maximum absolute atomic E-state index is 13.4. The Labute approximate surface area is 226 Å². The second-order valence-electron chi connectivity index (χ2n) is 8.69. The average molecular weight is 543 g/mol. The van der Waals surface area contributed by atoms with Gasteiger partial charge in [-0.15, -0.1) is 0 Å².